The van der Waals surface area contributed by atoms with E-state index in [-0.39, 0.29) is 16.9 Å². The van der Waals surface area contributed by atoms with Gasteiger partial charge in [-0.25, -0.2) is 0 Å². The first-order valence-electron chi connectivity index (χ1n) is 13.5. The number of unbranched alkanes of at least 4 members (excludes halogenated alkanes) is 1. The fraction of sp³-hybridized carbons (Fsp3) is 0.258. The number of para-hydroxylation sites is 1. The highest BCUT2D eigenvalue weighted by atomic mass is 32.1. The van der Waals surface area contributed by atoms with Gasteiger partial charge in [0.15, 0.2) is 10.9 Å². The maximum absolute atomic E-state index is 12.9. The van der Waals surface area contributed by atoms with Crippen molar-refractivity contribution in [3.05, 3.63) is 90.2 Å². The number of thiocarbonyl (C=S) groups is 1. The van der Waals surface area contributed by atoms with Gasteiger partial charge in [-0.2, -0.15) is 0 Å². The number of nitrogens with zero attached hydrogens (tertiary/aromatic N) is 2. The zero-order valence-corrected chi connectivity index (χ0v) is 23.2. The Morgan fingerprint density at radius 3 is 2.38 bits per heavy atom. The number of carbonyl (C=O) groups excluding carboxylic acids is 2. The second-order valence-electron chi connectivity index (χ2n) is 9.61. The molecule has 2 heterocycles. The van der Waals surface area contributed by atoms with Gasteiger partial charge >= 0.3 is 0 Å². The first-order valence-corrected chi connectivity index (χ1v) is 13.9. The zero-order valence-electron chi connectivity index (χ0n) is 22.4. The third-order valence-electron chi connectivity index (χ3n) is 6.80. The molecule has 9 heteroatoms. The number of ether oxygens (including phenoxy) is 1. The Morgan fingerprint density at radius 1 is 0.950 bits per heavy atom. The summed E-state index contributed by atoms with van der Waals surface area (Å²) in [7, 11) is 0. The first kappa shape index (κ1) is 27.2. The number of amides is 2. The molecule has 0 bridgehead atoms. The van der Waals surface area contributed by atoms with Gasteiger partial charge in [0.05, 0.1) is 6.61 Å². The van der Waals surface area contributed by atoms with E-state index < -0.39 is 0 Å². The summed E-state index contributed by atoms with van der Waals surface area (Å²) in [6.07, 6.45) is 2.06. The number of carbonyl (C=O) groups is 2. The van der Waals surface area contributed by atoms with Gasteiger partial charge in [0, 0.05) is 48.5 Å². The number of hydrogen-bond acceptors (Lipinski definition) is 6. The van der Waals surface area contributed by atoms with E-state index in [9.17, 15) is 9.59 Å². The maximum atomic E-state index is 12.9. The molecule has 3 aromatic carbocycles. The van der Waals surface area contributed by atoms with Gasteiger partial charge in [0.2, 0.25) is 0 Å². The summed E-state index contributed by atoms with van der Waals surface area (Å²) in [6, 6.07) is 24.3. The summed E-state index contributed by atoms with van der Waals surface area (Å²) in [5, 5.41) is 6.93. The molecule has 1 saturated heterocycles. The minimum Gasteiger partial charge on any atom is -0.494 e. The van der Waals surface area contributed by atoms with Crippen LogP contribution in [0.4, 0.5) is 11.4 Å². The number of benzene rings is 3. The van der Waals surface area contributed by atoms with Crippen molar-refractivity contribution in [1.82, 2.24) is 10.2 Å². The van der Waals surface area contributed by atoms with Gasteiger partial charge in [-0.1, -0.05) is 31.5 Å². The van der Waals surface area contributed by atoms with E-state index in [1.165, 1.54) is 0 Å². The van der Waals surface area contributed by atoms with Gasteiger partial charge in [-0.05, 0) is 79.3 Å². The van der Waals surface area contributed by atoms with Crippen LogP contribution >= 0.6 is 12.2 Å². The van der Waals surface area contributed by atoms with E-state index in [1.54, 1.807) is 24.3 Å². The highest BCUT2D eigenvalue weighted by Gasteiger charge is 2.24. The molecule has 2 N–H and O–H groups in total. The molecule has 0 atom stereocenters. The van der Waals surface area contributed by atoms with Crippen LogP contribution in [0.25, 0.3) is 11.0 Å². The minimum absolute atomic E-state index is 0.0813. The summed E-state index contributed by atoms with van der Waals surface area (Å²) in [5.74, 6) is 0.748. The van der Waals surface area contributed by atoms with Crippen molar-refractivity contribution in [3.63, 3.8) is 0 Å². The van der Waals surface area contributed by atoms with E-state index in [0.717, 1.165) is 54.0 Å². The van der Waals surface area contributed by atoms with Crippen LogP contribution in [0.3, 0.4) is 0 Å². The van der Waals surface area contributed by atoms with Crippen molar-refractivity contribution in [2.45, 2.75) is 19.8 Å². The van der Waals surface area contributed by atoms with Crippen LogP contribution in [-0.4, -0.2) is 54.6 Å². The second-order valence-corrected chi connectivity index (χ2v) is 10.0. The fourth-order valence-electron chi connectivity index (χ4n) is 4.54. The van der Waals surface area contributed by atoms with E-state index in [1.807, 2.05) is 59.5 Å². The molecule has 0 spiro atoms. The van der Waals surface area contributed by atoms with Crippen LogP contribution in [0.2, 0.25) is 0 Å². The molecule has 5 rings (SSSR count). The number of rotatable bonds is 8. The van der Waals surface area contributed by atoms with Crippen LogP contribution in [0.1, 0.15) is 40.7 Å². The quantitative estimate of drug-likeness (QED) is 0.213. The normalized spacial score (nSPS) is 13.2. The highest BCUT2D eigenvalue weighted by molar-refractivity contribution is 7.80. The molecule has 206 valence electrons. The number of piperazine rings is 1. The standard InChI is InChI=1S/C31H32N4O4S/c1-2-3-20-38-26-14-8-22(9-15-26)29(36)33-31(40)32-24-10-12-25(13-11-24)34-16-18-35(19-17-34)30(37)28-21-23-6-4-5-7-27(23)39-28/h4-15,21H,2-3,16-20H2,1H3,(H2,32,33,36,40). The van der Waals surface area contributed by atoms with Gasteiger partial charge in [-0.15, -0.1) is 0 Å². The number of fused-ring (bicyclic) bond motifs is 1. The van der Waals surface area contributed by atoms with Crippen LogP contribution < -0.4 is 20.3 Å². The van der Waals surface area contributed by atoms with Crippen molar-refractivity contribution >= 4 is 51.5 Å². The Bertz CT molecular complexity index is 1440. The van der Waals surface area contributed by atoms with E-state index in [4.69, 9.17) is 21.4 Å². The Balaban J connectivity index is 1.09. The molecule has 2 amide bonds. The summed E-state index contributed by atoms with van der Waals surface area (Å²) in [6.45, 7) is 5.43. The lowest BCUT2D eigenvalue weighted by molar-refractivity contribution is 0.0717. The molecule has 0 saturated carbocycles. The van der Waals surface area contributed by atoms with Crippen molar-refractivity contribution in [2.24, 2.45) is 0 Å². The Hall–Kier alpha value is -4.37. The predicted molar refractivity (Wildman–Crippen MR) is 161 cm³/mol. The molecule has 0 radical (unpaired) electrons. The Kier molecular flexibility index (Phi) is 8.61. The zero-order chi connectivity index (χ0) is 27.9. The SMILES string of the molecule is CCCCOc1ccc(C(=O)NC(=S)Nc2ccc(N3CCN(C(=O)c4cc5ccccc5o4)CC3)cc2)cc1. The molecule has 4 aromatic rings. The lowest BCUT2D eigenvalue weighted by atomic mass is 10.2. The number of furan rings is 1. The lowest BCUT2D eigenvalue weighted by Gasteiger charge is -2.35. The fourth-order valence-corrected chi connectivity index (χ4v) is 4.75. The van der Waals surface area contributed by atoms with Crippen molar-refractivity contribution in [2.75, 3.05) is 43.0 Å². The van der Waals surface area contributed by atoms with Gasteiger partial charge < -0.3 is 24.3 Å². The lowest BCUT2D eigenvalue weighted by Crippen LogP contribution is -2.48. The van der Waals surface area contributed by atoms with Crippen molar-refractivity contribution in [1.29, 1.82) is 0 Å². The maximum Gasteiger partial charge on any atom is 0.289 e. The third-order valence-corrected chi connectivity index (χ3v) is 7.01. The van der Waals surface area contributed by atoms with Gasteiger partial charge in [0.1, 0.15) is 11.3 Å². The molecular formula is C31H32N4O4S. The first-order chi connectivity index (χ1) is 19.5. The topological polar surface area (TPSA) is 87.0 Å². The van der Waals surface area contributed by atoms with Crippen LogP contribution in [0, 0.1) is 0 Å². The van der Waals surface area contributed by atoms with Crippen molar-refractivity contribution in [3.8, 4) is 5.75 Å². The van der Waals surface area contributed by atoms with E-state index in [0.29, 0.717) is 31.0 Å². The van der Waals surface area contributed by atoms with Gasteiger partial charge in [-0.3, -0.25) is 14.9 Å². The number of anilines is 2. The smallest absolute Gasteiger partial charge is 0.289 e. The summed E-state index contributed by atoms with van der Waals surface area (Å²) >= 11 is 5.34. The third kappa shape index (κ3) is 6.60. The molecule has 0 unspecified atom stereocenters. The van der Waals surface area contributed by atoms with Crippen LogP contribution in [0.15, 0.2) is 83.3 Å². The summed E-state index contributed by atoms with van der Waals surface area (Å²) < 4.78 is 11.4. The molecule has 0 aliphatic carbocycles. The van der Waals surface area contributed by atoms with E-state index in [2.05, 4.69) is 22.5 Å². The Labute approximate surface area is 238 Å². The van der Waals surface area contributed by atoms with E-state index >= 15 is 0 Å². The van der Waals surface area contributed by atoms with Crippen LogP contribution in [-0.2, 0) is 0 Å². The second kappa shape index (κ2) is 12.7. The molecule has 8 nitrogen and oxygen atoms in total. The molecule has 1 aliphatic heterocycles. The molecular weight excluding hydrogens is 524 g/mol. The monoisotopic (exact) mass is 556 g/mol. The number of nitrogens with one attached hydrogen (secondary N) is 2. The largest absolute Gasteiger partial charge is 0.494 e. The summed E-state index contributed by atoms with van der Waals surface area (Å²) in [5.41, 5.74) is 3.05. The molecule has 1 aliphatic rings. The molecule has 40 heavy (non-hydrogen) atoms. The summed E-state index contributed by atoms with van der Waals surface area (Å²) in [4.78, 5) is 29.6. The number of hydrogen-bond donors (Lipinski definition) is 2. The highest BCUT2D eigenvalue weighted by Crippen LogP contribution is 2.23. The minimum atomic E-state index is -0.288. The molecule has 1 fully saturated rings. The Morgan fingerprint density at radius 2 is 1.68 bits per heavy atom. The van der Waals surface area contributed by atoms with Crippen molar-refractivity contribution < 1.29 is 18.7 Å². The average Bonchev–Trinajstić information content (AvgIpc) is 3.42. The van der Waals surface area contributed by atoms with Gasteiger partial charge in [0.25, 0.3) is 11.8 Å². The predicted octanol–water partition coefficient (Wildman–Crippen LogP) is 5.70. The van der Waals surface area contributed by atoms with Crippen LogP contribution in [0.5, 0.6) is 5.75 Å². The molecule has 1 aromatic heterocycles. The average molecular weight is 557 g/mol.